The number of carbonyl (C=O) groups excluding carboxylic acids is 1. The van der Waals surface area contributed by atoms with Gasteiger partial charge in [0.15, 0.2) is 11.5 Å². The van der Waals surface area contributed by atoms with Crippen molar-refractivity contribution in [3.05, 3.63) is 29.8 Å². The molecule has 1 aromatic rings. The fraction of sp³-hybridized carbons (Fsp3) is 0.300. The normalized spacial score (nSPS) is 11.1. The van der Waals surface area contributed by atoms with Crippen molar-refractivity contribution >= 4 is 15.9 Å². The predicted octanol–water partition coefficient (Wildman–Crippen LogP) is 1.62. The van der Waals surface area contributed by atoms with Gasteiger partial charge in [-0.25, -0.2) is 0 Å². The standard InChI is InChI=1S/C10H12O4S/c1-3-9(11)8-6-4-5-7-10(8)14-15(2,12)13/h4-7H,3H2,1-2H3. The Bertz CT molecular complexity index is 462. The van der Waals surface area contributed by atoms with Crippen molar-refractivity contribution in [3.8, 4) is 5.75 Å². The number of benzene rings is 1. The minimum Gasteiger partial charge on any atom is -0.382 e. The quantitative estimate of drug-likeness (QED) is 0.580. The second kappa shape index (κ2) is 4.44. The molecule has 0 amide bonds. The van der Waals surface area contributed by atoms with Gasteiger partial charge in [0.2, 0.25) is 0 Å². The lowest BCUT2D eigenvalue weighted by Crippen LogP contribution is -2.09. The highest BCUT2D eigenvalue weighted by Gasteiger charge is 2.13. The summed E-state index contributed by atoms with van der Waals surface area (Å²) in [6, 6.07) is 6.29. The van der Waals surface area contributed by atoms with Crippen molar-refractivity contribution in [3.63, 3.8) is 0 Å². The summed E-state index contributed by atoms with van der Waals surface area (Å²) < 4.78 is 26.6. The first-order valence-electron chi connectivity index (χ1n) is 4.45. The molecule has 15 heavy (non-hydrogen) atoms. The van der Waals surface area contributed by atoms with E-state index in [2.05, 4.69) is 0 Å². The monoisotopic (exact) mass is 228 g/mol. The highest BCUT2D eigenvalue weighted by Crippen LogP contribution is 2.20. The Morgan fingerprint density at radius 2 is 1.93 bits per heavy atom. The van der Waals surface area contributed by atoms with Crippen LogP contribution in [0.4, 0.5) is 0 Å². The molecule has 0 unspecified atom stereocenters. The maximum absolute atomic E-state index is 11.4. The summed E-state index contributed by atoms with van der Waals surface area (Å²) in [4.78, 5) is 11.4. The van der Waals surface area contributed by atoms with Crippen LogP contribution in [0.3, 0.4) is 0 Å². The summed E-state index contributed by atoms with van der Waals surface area (Å²) in [7, 11) is -3.59. The van der Waals surface area contributed by atoms with Crippen LogP contribution < -0.4 is 4.18 Å². The zero-order chi connectivity index (χ0) is 11.5. The fourth-order valence-electron chi connectivity index (χ4n) is 1.12. The van der Waals surface area contributed by atoms with Gasteiger partial charge in [-0.1, -0.05) is 19.1 Å². The molecule has 0 N–H and O–H groups in total. The number of para-hydroxylation sites is 1. The summed E-state index contributed by atoms with van der Waals surface area (Å²) >= 11 is 0. The summed E-state index contributed by atoms with van der Waals surface area (Å²) in [5, 5.41) is 0. The van der Waals surface area contributed by atoms with Crippen LogP contribution in [0.25, 0.3) is 0 Å². The summed E-state index contributed by atoms with van der Waals surface area (Å²) in [6.45, 7) is 1.71. The molecular weight excluding hydrogens is 216 g/mol. The molecule has 0 bridgehead atoms. The molecular formula is C10H12O4S. The van der Waals surface area contributed by atoms with Crippen LogP contribution in [0.1, 0.15) is 23.7 Å². The average Bonchev–Trinajstić information content (AvgIpc) is 2.15. The van der Waals surface area contributed by atoms with E-state index in [0.29, 0.717) is 12.0 Å². The molecule has 0 saturated carbocycles. The van der Waals surface area contributed by atoms with E-state index in [1.54, 1.807) is 25.1 Å². The number of hydrogen-bond donors (Lipinski definition) is 0. The third-order valence-electron chi connectivity index (χ3n) is 1.75. The number of hydrogen-bond acceptors (Lipinski definition) is 4. The molecule has 0 saturated heterocycles. The predicted molar refractivity (Wildman–Crippen MR) is 56.5 cm³/mol. The zero-order valence-electron chi connectivity index (χ0n) is 8.56. The van der Waals surface area contributed by atoms with Gasteiger partial charge in [0, 0.05) is 6.42 Å². The molecule has 82 valence electrons. The number of Topliss-reactive ketones (excluding diaryl/α,β-unsaturated/α-hetero) is 1. The molecule has 1 aromatic carbocycles. The van der Waals surface area contributed by atoms with Crippen LogP contribution in [-0.4, -0.2) is 20.5 Å². The van der Waals surface area contributed by atoms with Gasteiger partial charge in [0.05, 0.1) is 11.8 Å². The van der Waals surface area contributed by atoms with Crippen LogP contribution in [0.5, 0.6) is 5.75 Å². The van der Waals surface area contributed by atoms with Crippen molar-refractivity contribution < 1.29 is 17.4 Å². The van der Waals surface area contributed by atoms with Gasteiger partial charge in [-0.05, 0) is 12.1 Å². The Kier molecular flexibility index (Phi) is 3.47. The molecule has 0 radical (unpaired) electrons. The van der Waals surface area contributed by atoms with Crippen LogP contribution in [-0.2, 0) is 10.1 Å². The highest BCUT2D eigenvalue weighted by atomic mass is 32.2. The lowest BCUT2D eigenvalue weighted by molar-refractivity contribution is 0.0986. The van der Waals surface area contributed by atoms with Gasteiger partial charge in [-0.15, -0.1) is 0 Å². The summed E-state index contributed by atoms with van der Waals surface area (Å²) in [5.74, 6) is -0.0545. The highest BCUT2D eigenvalue weighted by molar-refractivity contribution is 7.86. The van der Waals surface area contributed by atoms with E-state index in [1.165, 1.54) is 6.07 Å². The lowest BCUT2D eigenvalue weighted by atomic mass is 10.1. The molecule has 0 aliphatic carbocycles. The molecule has 0 spiro atoms. The van der Waals surface area contributed by atoms with Gasteiger partial charge in [-0.3, -0.25) is 4.79 Å². The van der Waals surface area contributed by atoms with E-state index < -0.39 is 10.1 Å². The topological polar surface area (TPSA) is 60.4 Å². The largest absolute Gasteiger partial charge is 0.382 e. The molecule has 0 aliphatic rings. The van der Waals surface area contributed by atoms with Gasteiger partial charge in [0.25, 0.3) is 0 Å². The van der Waals surface area contributed by atoms with Crippen molar-refractivity contribution in [1.29, 1.82) is 0 Å². The molecule has 5 heteroatoms. The van der Waals surface area contributed by atoms with Gasteiger partial charge in [0.1, 0.15) is 0 Å². The van der Waals surface area contributed by atoms with Crippen molar-refractivity contribution in [2.24, 2.45) is 0 Å². The lowest BCUT2D eigenvalue weighted by Gasteiger charge is -2.07. The molecule has 1 rings (SSSR count). The smallest absolute Gasteiger partial charge is 0.306 e. The second-order valence-corrected chi connectivity index (χ2v) is 4.64. The van der Waals surface area contributed by atoms with E-state index in [-0.39, 0.29) is 11.5 Å². The first-order chi connectivity index (χ1) is 6.94. The number of carbonyl (C=O) groups is 1. The van der Waals surface area contributed by atoms with Crippen LogP contribution in [0.15, 0.2) is 24.3 Å². The van der Waals surface area contributed by atoms with Crippen LogP contribution >= 0.6 is 0 Å². The Balaban J connectivity index is 3.13. The Hall–Kier alpha value is -1.36. The molecule has 0 heterocycles. The molecule has 0 atom stereocenters. The van der Waals surface area contributed by atoms with Crippen molar-refractivity contribution in [2.75, 3.05) is 6.26 Å². The molecule has 0 aliphatic heterocycles. The van der Waals surface area contributed by atoms with E-state index in [1.807, 2.05) is 0 Å². The number of ketones is 1. The van der Waals surface area contributed by atoms with E-state index in [0.717, 1.165) is 6.26 Å². The molecule has 0 fully saturated rings. The first kappa shape index (κ1) is 11.7. The maximum Gasteiger partial charge on any atom is 0.306 e. The minimum absolute atomic E-state index is 0.0897. The summed E-state index contributed by atoms with van der Waals surface area (Å²) in [5.41, 5.74) is 0.297. The van der Waals surface area contributed by atoms with E-state index in [4.69, 9.17) is 4.18 Å². The van der Waals surface area contributed by atoms with Crippen molar-refractivity contribution in [1.82, 2.24) is 0 Å². The van der Waals surface area contributed by atoms with Crippen molar-refractivity contribution in [2.45, 2.75) is 13.3 Å². The van der Waals surface area contributed by atoms with Crippen LogP contribution in [0.2, 0.25) is 0 Å². The minimum atomic E-state index is -3.59. The third-order valence-corrected chi connectivity index (χ3v) is 2.23. The van der Waals surface area contributed by atoms with E-state index in [9.17, 15) is 13.2 Å². The average molecular weight is 228 g/mol. The van der Waals surface area contributed by atoms with E-state index >= 15 is 0 Å². The SMILES string of the molecule is CCC(=O)c1ccccc1OS(C)(=O)=O. The van der Waals surface area contributed by atoms with Gasteiger partial charge in [-0.2, -0.15) is 8.42 Å². The first-order valence-corrected chi connectivity index (χ1v) is 6.27. The Morgan fingerprint density at radius 3 is 2.47 bits per heavy atom. The Morgan fingerprint density at radius 1 is 1.33 bits per heavy atom. The zero-order valence-corrected chi connectivity index (χ0v) is 9.37. The fourth-order valence-corrected chi connectivity index (χ4v) is 1.59. The third kappa shape index (κ3) is 3.36. The molecule has 4 nitrogen and oxygen atoms in total. The second-order valence-electron chi connectivity index (χ2n) is 3.06. The Labute approximate surface area is 89.0 Å². The maximum atomic E-state index is 11.4. The summed E-state index contributed by atoms with van der Waals surface area (Å²) in [6.07, 6.45) is 1.25. The molecule has 0 aromatic heterocycles. The van der Waals surface area contributed by atoms with Gasteiger partial charge >= 0.3 is 10.1 Å². The van der Waals surface area contributed by atoms with Crippen LogP contribution in [0, 0.1) is 0 Å². The van der Waals surface area contributed by atoms with Gasteiger partial charge < -0.3 is 4.18 Å². The number of rotatable bonds is 4.